The largest absolute Gasteiger partial charge is 0.492 e. The maximum Gasteiger partial charge on any atom is 0.264 e. The number of hydrogen-bond acceptors (Lipinski definition) is 11. The third-order valence-corrected chi connectivity index (χ3v) is 9.39. The number of alkyl halides is 3. The van der Waals surface area contributed by atoms with E-state index in [4.69, 9.17) is 23.9 Å². The molecule has 1 N–H and O–H groups in total. The molecule has 1 amide bonds. The molecular weight excluding hydrogens is 643 g/mol. The van der Waals surface area contributed by atoms with Crippen molar-refractivity contribution < 1.29 is 45.3 Å². The lowest BCUT2D eigenvalue weighted by molar-refractivity contribution is 0.0914. The molecule has 1 atom stereocenters. The number of benzene rings is 1. The van der Waals surface area contributed by atoms with Crippen molar-refractivity contribution >= 4 is 38.3 Å². The molecule has 0 fully saturated rings. The smallest absolute Gasteiger partial charge is 0.264 e. The average molecular weight is 674 g/mol. The molecule has 2 aliphatic heterocycles. The van der Waals surface area contributed by atoms with E-state index in [-0.39, 0.29) is 17.7 Å². The Kier molecular flexibility index (Phi) is 9.42. The van der Waals surface area contributed by atoms with Crippen LogP contribution in [0, 0.1) is 0 Å². The van der Waals surface area contributed by atoms with Crippen LogP contribution < -0.4 is 19.7 Å². The third-order valence-electron chi connectivity index (χ3n) is 7.60. The molecule has 0 spiro atoms. The number of methoxy groups -OCH3 is 1. The van der Waals surface area contributed by atoms with Gasteiger partial charge in [0.05, 0.1) is 55.2 Å². The molecule has 12 nitrogen and oxygen atoms in total. The van der Waals surface area contributed by atoms with Crippen LogP contribution in [-0.2, 0) is 32.5 Å². The van der Waals surface area contributed by atoms with Gasteiger partial charge in [-0.1, -0.05) is 0 Å². The van der Waals surface area contributed by atoms with Gasteiger partial charge in [0.1, 0.15) is 18.2 Å². The maximum atomic E-state index is 14.3. The van der Waals surface area contributed by atoms with E-state index in [1.54, 1.807) is 31.6 Å². The lowest BCUT2D eigenvalue weighted by atomic mass is 10.0. The summed E-state index contributed by atoms with van der Waals surface area (Å²) in [6.07, 6.45) is 0.810. The van der Waals surface area contributed by atoms with Crippen molar-refractivity contribution in [1.82, 2.24) is 20.3 Å². The van der Waals surface area contributed by atoms with Crippen LogP contribution in [0.2, 0.25) is 0 Å². The molecule has 0 unspecified atom stereocenters. The Hall–Kier alpha value is -4.54. The van der Waals surface area contributed by atoms with E-state index in [0.717, 1.165) is 23.9 Å². The molecule has 16 heteroatoms. The highest BCUT2D eigenvalue weighted by Crippen LogP contribution is 2.37. The number of fused-ring (bicyclic) bond motifs is 3. The van der Waals surface area contributed by atoms with Crippen LogP contribution in [0.3, 0.4) is 0 Å². The maximum absolute atomic E-state index is 14.3. The monoisotopic (exact) mass is 673 g/mol. The Morgan fingerprint density at radius 1 is 1.15 bits per heavy atom. The number of amides is 1. The SMILES string of the molecule is COCCCOc1cnc2c(c1)OCCN2c1ccc2cnc(CNC(=O)c3cc(C(F)F)c4c(c3)S(=O)(=O)[C@@H](F)COC4)cc2n1. The Bertz CT molecular complexity index is 1910. The predicted octanol–water partition coefficient (Wildman–Crippen LogP) is 4.44. The van der Waals surface area contributed by atoms with Gasteiger partial charge in [0.2, 0.25) is 15.3 Å². The number of aromatic nitrogens is 3. The van der Waals surface area contributed by atoms with Crippen molar-refractivity contribution in [2.75, 3.05) is 45.0 Å². The number of nitrogens with one attached hydrogen (secondary N) is 1. The van der Waals surface area contributed by atoms with E-state index >= 15 is 0 Å². The van der Waals surface area contributed by atoms with Crippen molar-refractivity contribution in [3.05, 3.63) is 71.2 Å². The van der Waals surface area contributed by atoms with Crippen LogP contribution in [-0.4, -0.2) is 74.9 Å². The number of nitrogens with zero attached hydrogens (tertiary/aromatic N) is 4. The zero-order valence-corrected chi connectivity index (χ0v) is 25.9. The predicted molar refractivity (Wildman–Crippen MR) is 163 cm³/mol. The van der Waals surface area contributed by atoms with Crippen molar-refractivity contribution in [1.29, 1.82) is 0 Å². The van der Waals surface area contributed by atoms with Crippen LogP contribution in [0.5, 0.6) is 11.5 Å². The summed E-state index contributed by atoms with van der Waals surface area (Å²) in [5, 5.41) is 3.30. The van der Waals surface area contributed by atoms with E-state index in [1.165, 1.54) is 0 Å². The highest BCUT2D eigenvalue weighted by Gasteiger charge is 2.36. The van der Waals surface area contributed by atoms with Crippen LogP contribution >= 0.6 is 0 Å². The normalized spacial score (nSPS) is 17.0. The summed E-state index contributed by atoms with van der Waals surface area (Å²) in [7, 11) is -3.02. The standard InChI is InChI=1S/C31H30F3N5O7S/c1-43-6-2-7-45-21-12-25-30(36-15-21)39(5-8-46-25)28-4-3-18-13-35-20(11-24(18)38-28)14-37-31(40)19-9-22(29(33)34)23-16-44-17-27(32)47(41,42)26(23)10-19/h3-4,9-13,15,27,29H,2,5-8,14,16-17H2,1H3,(H,37,40)/t27-/m1/s1. The minimum atomic E-state index is -4.65. The average Bonchev–Trinajstić information content (AvgIpc) is 3.18. The van der Waals surface area contributed by atoms with E-state index in [9.17, 15) is 26.4 Å². The molecule has 0 saturated heterocycles. The van der Waals surface area contributed by atoms with Crippen LogP contribution in [0.1, 0.15) is 40.0 Å². The van der Waals surface area contributed by atoms with Gasteiger partial charge in [-0.2, -0.15) is 0 Å². The summed E-state index contributed by atoms with van der Waals surface area (Å²) in [6.45, 7) is 0.494. The van der Waals surface area contributed by atoms with Crippen molar-refractivity contribution in [2.24, 2.45) is 0 Å². The number of carbonyl (C=O) groups is 1. The van der Waals surface area contributed by atoms with Gasteiger partial charge in [-0.3, -0.25) is 9.78 Å². The van der Waals surface area contributed by atoms with Crippen LogP contribution in [0.25, 0.3) is 10.9 Å². The molecule has 0 aliphatic carbocycles. The molecule has 2 aliphatic rings. The van der Waals surface area contributed by atoms with E-state index in [1.807, 2.05) is 17.0 Å². The van der Waals surface area contributed by atoms with Gasteiger partial charge < -0.3 is 29.2 Å². The zero-order valence-electron chi connectivity index (χ0n) is 25.1. The number of ether oxygens (including phenoxy) is 4. The van der Waals surface area contributed by atoms with Crippen molar-refractivity contribution in [3.63, 3.8) is 0 Å². The van der Waals surface area contributed by atoms with E-state index in [0.29, 0.717) is 60.7 Å². The molecule has 3 aromatic heterocycles. The molecule has 248 valence electrons. The van der Waals surface area contributed by atoms with Gasteiger partial charge >= 0.3 is 0 Å². The molecule has 5 heterocycles. The van der Waals surface area contributed by atoms with E-state index in [2.05, 4.69) is 15.3 Å². The fourth-order valence-electron chi connectivity index (χ4n) is 5.23. The first-order valence-electron chi connectivity index (χ1n) is 14.6. The van der Waals surface area contributed by atoms with Crippen LogP contribution in [0.4, 0.5) is 24.8 Å². The fraction of sp³-hybridized carbons (Fsp3) is 0.355. The number of carbonyl (C=O) groups excluding carboxylic acids is 1. The minimum absolute atomic E-state index is 0.127. The number of anilines is 2. The topological polar surface area (TPSA) is 142 Å². The first-order chi connectivity index (χ1) is 22.7. The van der Waals surface area contributed by atoms with Gasteiger partial charge in [0.15, 0.2) is 11.6 Å². The second kappa shape index (κ2) is 13.7. The molecule has 1 aromatic carbocycles. The van der Waals surface area contributed by atoms with Gasteiger partial charge in [-0.15, -0.1) is 0 Å². The summed E-state index contributed by atoms with van der Waals surface area (Å²) < 4.78 is 89.1. The number of rotatable bonds is 10. The Labute approximate surface area is 267 Å². The lowest BCUT2D eigenvalue weighted by Crippen LogP contribution is -2.30. The Morgan fingerprint density at radius 3 is 2.81 bits per heavy atom. The van der Waals surface area contributed by atoms with Crippen molar-refractivity contribution in [2.45, 2.75) is 36.4 Å². The Morgan fingerprint density at radius 2 is 2.00 bits per heavy atom. The second-order valence-electron chi connectivity index (χ2n) is 10.7. The van der Waals surface area contributed by atoms with Gasteiger partial charge in [-0.05, 0) is 30.3 Å². The second-order valence-corrected chi connectivity index (χ2v) is 12.8. The summed E-state index contributed by atoms with van der Waals surface area (Å²) >= 11 is 0. The highest BCUT2D eigenvalue weighted by atomic mass is 32.2. The number of hydrogen-bond donors (Lipinski definition) is 1. The molecule has 0 radical (unpaired) electrons. The number of pyridine rings is 3. The molecule has 0 saturated carbocycles. The molecule has 0 bridgehead atoms. The van der Waals surface area contributed by atoms with Crippen molar-refractivity contribution in [3.8, 4) is 11.5 Å². The molecule has 47 heavy (non-hydrogen) atoms. The zero-order chi connectivity index (χ0) is 33.1. The summed E-state index contributed by atoms with van der Waals surface area (Å²) in [5.74, 6) is 1.46. The fourth-order valence-corrected chi connectivity index (χ4v) is 6.59. The quantitative estimate of drug-likeness (QED) is 0.239. The summed E-state index contributed by atoms with van der Waals surface area (Å²) in [5.41, 5.74) is -2.91. The highest BCUT2D eigenvalue weighted by molar-refractivity contribution is 7.92. The minimum Gasteiger partial charge on any atom is -0.492 e. The molecular formula is C31H30F3N5O7S. The van der Waals surface area contributed by atoms with E-state index < -0.39 is 51.3 Å². The summed E-state index contributed by atoms with van der Waals surface area (Å²) in [4.78, 5) is 28.0. The number of halogens is 3. The third kappa shape index (κ3) is 6.80. The molecule has 4 aromatic rings. The molecule has 6 rings (SSSR count). The first kappa shape index (κ1) is 32.4. The van der Waals surface area contributed by atoms with Gasteiger partial charge in [-0.25, -0.2) is 31.6 Å². The summed E-state index contributed by atoms with van der Waals surface area (Å²) in [6, 6.07) is 8.92. The Balaban J connectivity index is 1.20. The van der Waals surface area contributed by atoms with Gasteiger partial charge in [0.25, 0.3) is 12.3 Å². The van der Waals surface area contributed by atoms with Gasteiger partial charge in [0, 0.05) is 54.5 Å². The first-order valence-corrected chi connectivity index (χ1v) is 16.2. The lowest BCUT2D eigenvalue weighted by Gasteiger charge is -2.29. The van der Waals surface area contributed by atoms with Crippen LogP contribution in [0.15, 0.2) is 53.7 Å². The number of sulfone groups is 1.